The third-order valence-corrected chi connectivity index (χ3v) is 4.56. The number of hydrogen-bond donors (Lipinski definition) is 0. The molecule has 4 heteroatoms. The van der Waals surface area contributed by atoms with Crippen molar-refractivity contribution >= 4 is 27.5 Å². The zero-order valence-electron chi connectivity index (χ0n) is 10.9. The number of ether oxygens (including phenoxy) is 2. The third-order valence-electron chi connectivity index (χ3n) is 3.58. The van der Waals surface area contributed by atoms with Gasteiger partial charge in [-0.2, -0.15) is 0 Å². The van der Waals surface area contributed by atoms with E-state index in [0.29, 0.717) is 5.92 Å². The van der Waals surface area contributed by atoms with Gasteiger partial charge in [-0.05, 0) is 47.2 Å². The van der Waals surface area contributed by atoms with Crippen LogP contribution in [0.25, 0.3) is 0 Å². The van der Waals surface area contributed by atoms with Crippen molar-refractivity contribution < 1.29 is 9.47 Å². The normalized spacial score (nSPS) is 23.2. The lowest BCUT2D eigenvalue weighted by atomic mass is 10.0. The monoisotopic (exact) mass is 332 g/mol. The third kappa shape index (κ3) is 2.48. The molecule has 18 heavy (non-hydrogen) atoms. The molecule has 0 amide bonds. The maximum Gasteiger partial charge on any atom is 0.138 e. The van der Waals surface area contributed by atoms with Crippen LogP contribution in [0, 0.1) is 5.92 Å². The lowest BCUT2D eigenvalue weighted by Crippen LogP contribution is -2.02. The molecule has 2 nitrogen and oxygen atoms in total. The molecule has 0 aliphatic heterocycles. The van der Waals surface area contributed by atoms with E-state index in [4.69, 9.17) is 21.1 Å². The molecule has 1 aromatic carbocycles. The summed E-state index contributed by atoms with van der Waals surface area (Å²) in [5.41, 5.74) is 2.29. The average Bonchev–Trinajstić information content (AvgIpc) is 2.48. The smallest absolute Gasteiger partial charge is 0.138 e. The number of benzene rings is 1. The van der Waals surface area contributed by atoms with E-state index < -0.39 is 0 Å². The zero-order chi connectivity index (χ0) is 13.3. The van der Waals surface area contributed by atoms with Crippen molar-refractivity contribution in [1.29, 1.82) is 0 Å². The van der Waals surface area contributed by atoms with Crippen molar-refractivity contribution in [3.05, 3.63) is 21.7 Å². The fourth-order valence-electron chi connectivity index (χ4n) is 2.62. The first-order chi connectivity index (χ1) is 8.58. The van der Waals surface area contributed by atoms with Gasteiger partial charge in [0, 0.05) is 11.1 Å². The van der Waals surface area contributed by atoms with E-state index in [1.54, 1.807) is 14.2 Å². The van der Waals surface area contributed by atoms with Gasteiger partial charge in [0.15, 0.2) is 0 Å². The Labute approximate surface area is 122 Å². The highest BCUT2D eigenvalue weighted by atomic mass is 79.9. The first kappa shape index (κ1) is 14.0. The van der Waals surface area contributed by atoms with Crippen molar-refractivity contribution in [3.8, 4) is 11.5 Å². The summed E-state index contributed by atoms with van der Waals surface area (Å²) in [6.45, 7) is 2.25. The van der Waals surface area contributed by atoms with E-state index in [0.717, 1.165) is 40.8 Å². The first-order valence-corrected chi connectivity index (χ1v) is 7.38. The summed E-state index contributed by atoms with van der Waals surface area (Å²) >= 11 is 10.1. The number of rotatable bonds is 2. The van der Waals surface area contributed by atoms with Gasteiger partial charge in [0.2, 0.25) is 0 Å². The summed E-state index contributed by atoms with van der Waals surface area (Å²) < 4.78 is 11.9. The lowest BCUT2D eigenvalue weighted by molar-refractivity contribution is 0.392. The van der Waals surface area contributed by atoms with E-state index in [9.17, 15) is 0 Å². The lowest BCUT2D eigenvalue weighted by Gasteiger charge is -2.19. The Kier molecular flexibility index (Phi) is 4.44. The average molecular weight is 334 g/mol. The molecule has 2 atom stereocenters. The van der Waals surface area contributed by atoms with Crippen LogP contribution in [0.2, 0.25) is 0 Å². The van der Waals surface area contributed by atoms with Crippen LogP contribution in [-0.2, 0) is 6.42 Å². The van der Waals surface area contributed by atoms with E-state index >= 15 is 0 Å². The maximum atomic E-state index is 6.57. The van der Waals surface area contributed by atoms with Gasteiger partial charge in [-0.25, -0.2) is 0 Å². The largest absolute Gasteiger partial charge is 0.496 e. The first-order valence-electron chi connectivity index (χ1n) is 6.15. The highest BCUT2D eigenvalue weighted by Crippen LogP contribution is 2.47. The molecule has 0 heterocycles. The zero-order valence-corrected chi connectivity index (χ0v) is 13.3. The highest BCUT2D eigenvalue weighted by molar-refractivity contribution is 9.10. The second-order valence-electron chi connectivity index (χ2n) is 4.83. The molecule has 0 N–H and O–H groups in total. The SMILES string of the molecule is COc1cc(Br)c(OC)c2c1CCC(C)CC2Cl. The summed E-state index contributed by atoms with van der Waals surface area (Å²) in [7, 11) is 3.39. The molecular formula is C14H18BrClO2. The topological polar surface area (TPSA) is 18.5 Å². The van der Waals surface area contributed by atoms with E-state index in [-0.39, 0.29) is 5.38 Å². The second kappa shape index (κ2) is 5.70. The number of hydrogen-bond acceptors (Lipinski definition) is 2. The van der Waals surface area contributed by atoms with Crippen LogP contribution in [0.5, 0.6) is 11.5 Å². The summed E-state index contributed by atoms with van der Waals surface area (Å²) in [6, 6.07) is 1.97. The Bertz CT molecular complexity index is 448. The Balaban J connectivity index is 2.63. The number of fused-ring (bicyclic) bond motifs is 1. The fourth-order valence-corrected chi connectivity index (χ4v) is 3.74. The van der Waals surface area contributed by atoms with Crippen molar-refractivity contribution in [2.24, 2.45) is 5.92 Å². The minimum atomic E-state index is -0.0150. The van der Waals surface area contributed by atoms with Crippen LogP contribution >= 0.6 is 27.5 Å². The van der Waals surface area contributed by atoms with Gasteiger partial charge in [0.1, 0.15) is 11.5 Å². The minimum absolute atomic E-state index is 0.0150. The number of methoxy groups -OCH3 is 2. The summed E-state index contributed by atoms with van der Waals surface area (Å²) in [4.78, 5) is 0. The van der Waals surface area contributed by atoms with Gasteiger partial charge in [-0.1, -0.05) is 6.92 Å². The molecule has 0 radical (unpaired) electrons. The second-order valence-corrected chi connectivity index (χ2v) is 6.21. The molecule has 0 spiro atoms. The Morgan fingerprint density at radius 3 is 2.67 bits per heavy atom. The van der Waals surface area contributed by atoms with Gasteiger partial charge in [-0.15, -0.1) is 11.6 Å². The van der Waals surface area contributed by atoms with Crippen molar-refractivity contribution in [2.75, 3.05) is 14.2 Å². The molecule has 100 valence electrons. The molecule has 0 saturated heterocycles. The van der Waals surface area contributed by atoms with Crippen LogP contribution in [0.4, 0.5) is 0 Å². The molecule has 1 aromatic rings. The van der Waals surface area contributed by atoms with Gasteiger partial charge in [0.25, 0.3) is 0 Å². The predicted molar refractivity (Wildman–Crippen MR) is 77.9 cm³/mol. The Hall–Kier alpha value is -0.410. The molecule has 0 bridgehead atoms. The summed E-state index contributed by atoms with van der Waals surface area (Å²) in [5.74, 6) is 2.37. The standard InChI is InChI=1S/C14H18BrClO2/c1-8-4-5-9-12(17-2)7-10(15)14(18-3)13(9)11(16)6-8/h7-8,11H,4-6H2,1-3H3. The van der Waals surface area contributed by atoms with Crippen LogP contribution in [0.3, 0.4) is 0 Å². The molecule has 1 aliphatic carbocycles. The van der Waals surface area contributed by atoms with Gasteiger partial charge >= 0.3 is 0 Å². The molecule has 2 rings (SSSR count). The molecule has 2 unspecified atom stereocenters. The van der Waals surface area contributed by atoms with E-state index in [2.05, 4.69) is 22.9 Å². The molecule has 0 saturated carbocycles. The van der Waals surface area contributed by atoms with Crippen molar-refractivity contribution in [3.63, 3.8) is 0 Å². The van der Waals surface area contributed by atoms with Gasteiger partial charge in [0.05, 0.1) is 24.1 Å². The minimum Gasteiger partial charge on any atom is -0.496 e. The van der Waals surface area contributed by atoms with Gasteiger partial charge < -0.3 is 9.47 Å². The molecular weight excluding hydrogens is 316 g/mol. The Morgan fingerprint density at radius 2 is 2.06 bits per heavy atom. The summed E-state index contributed by atoms with van der Waals surface area (Å²) in [5, 5.41) is -0.0150. The quantitative estimate of drug-likeness (QED) is 0.576. The van der Waals surface area contributed by atoms with E-state index in [1.165, 1.54) is 5.56 Å². The molecule has 1 aliphatic rings. The van der Waals surface area contributed by atoms with E-state index in [1.807, 2.05) is 6.07 Å². The van der Waals surface area contributed by atoms with Crippen LogP contribution in [0.1, 0.15) is 36.3 Å². The van der Waals surface area contributed by atoms with Crippen LogP contribution in [-0.4, -0.2) is 14.2 Å². The molecule has 0 aromatic heterocycles. The van der Waals surface area contributed by atoms with Gasteiger partial charge in [-0.3, -0.25) is 0 Å². The number of alkyl halides is 1. The highest BCUT2D eigenvalue weighted by Gasteiger charge is 2.28. The molecule has 0 fully saturated rings. The predicted octanol–water partition coefficient (Wildman–Crippen LogP) is 4.72. The van der Waals surface area contributed by atoms with Crippen LogP contribution in [0.15, 0.2) is 10.5 Å². The van der Waals surface area contributed by atoms with Crippen LogP contribution < -0.4 is 9.47 Å². The fraction of sp³-hybridized carbons (Fsp3) is 0.571. The number of halogens is 2. The summed E-state index contributed by atoms with van der Waals surface area (Å²) in [6.07, 6.45) is 3.11. The van der Waals surface area contributed by atoms with Crippen molar-refractivity contribution in [1.82, 2.24) is 0 Å². The maximum absolute atomic E-state index is 6.57. The van der Waals surface area contributed by atoms with Crippen molar-refractivity contribution in [2.45, 2.75) is 31.6 Å². The Morgan fingerprint density at radius 1 is 1.33 bits per heavy atom.